The van der Waals surface area contributed by atoms with E-state index in [9.17, 15) is 5.11 Å². The van der Waals surface area contributed by atoms with Gasteiger partial charge in [-0.05, 0) is 29.5 Å². The van der Waals surface area contributed by atoms with Gasteiger partial charge >= 0.3 is 0 Å². The molecule has 0 fully saturated rings. The molecule has 0 aliphatic rings. The first kappa shape index (κ1) is 14.1. The van der Waals surface area contributed by atoms with Crippen LogP contribution in [0, 0.1) is 0 Å². The number of thioether (sulfide) groups is 1. The second-order valence-electron chi connectivity index (χ2n) is 4.37. The molecule has 0 bridgehead atoms. The molecule has 0 aromatic heterocycles. The van der Waals surface area contributed by atoms with Gasteiger partial charge in [-0.3, -0.25) is 0 Å². The average Bonchev–Trinajstić information content (AvgIpc) is 2.49. The number of hydrogen-bond acceptors (Lipinski definition) is 3. The van der Waals surface area contributed by atoms with Crippen LogP contribution in [-0.2, 0) is 6.54 Å². The Morgan fingerprint density at radius 2 is 1.74 bits per heavy atom. The number of rotatable bonds is 6. The molecule has 0 heterocycles. The Hall–Kier alpha value is -1.29. The molecule has 3 heteroatoms. The van der Waals surface area contributed by atoms with Gasteiger partial charge in [0.1, 0.15) is 0 Å². The van der Waals surface area contributed by atoms with Gasteiger partial charge < -0.3 is 10.4 Å². The van der Waals surface area contributed by atoms with E-state index in [-0.39, 0.29) is 12.6 Å². The lowest BCUT2D eigenvalue weighted by Gasteiger charge is -2.16. The quantitative estimate of drug-likeness (QED) is 0.793. The molecule has 0 saturated carbocycles. The maximum Gasteiger partial charge on any atom is 0.0626 e. The van der Waals surface area contributed by atoms with E-state index >= 15 is 0 Å². The van der Waals surface area contributed by atoms with Crippen LogP contribution in [0.2, 0.25) is 0 Å². The molecule has 19 heavy (non-hydrogen) atoms. The van der Waals surface area contributed by atoms with Gasteiger partial charge in [0.05, 0.1) is 12.6 Å². The van der Waals surface area contributed by atoms with Crippen molar-refractivity contribution in [2.24, 2.45) is 0 Å². The molecule has 2 nitrogen and oxygen atoms in total. The van der Waals surface area contributed by atoms with Crippen LogP contribution in [0.3, 0.4) is 0 Å². The normalized spacial score (nSPS) is 12.3. The van der Waals surface area contributed by atoms with Crippen LogP contribution in [0.1, 0.15) is 17.2 Å². The molecule has 0 aliphatic heterocycles. The van der Waals surface area contributed by atoms with Crippen molar-refractivity contribution in [3.63, 3.8) is 0 Å². The van der Waals surface area contributed by atoms with Gasteiger partial charge in [-0.1, -0.05) is 42.5 Å². The van der Waals surface area contributed by atoms with E-state index in [1.165, 1.54) is 10.5 Å². The van der Waals surface area contributed by atoms with Crippen molar-refractivity contribution in [3.05, 3.63) is 65.7 Å². The molecule has 0 spiro atoms. The summed E-state index contributed by atoms with van der Waals surface area (Å²) in [5.41, 5.74) is 2.35. The molecule has 0 amide bonds. The first-order valence-electron chi connectivity index (χ1n) is 6.35. The van der Waals surface area contributed by atoms with Gasteiger partial charge in [-0.25, -0.2) is 0 Å². The molecular weight excluding hydrogens is 254 g/mol. The topological polar surface area (TPSA) is 32.3 Å². The second-order valence-corrected chi connectivity index (χ2v) is 5.25. The third kappa shape index (κ3) is 4.10. The highest BCUT2D eigenvalue weighted by Crippen LogP contribution is 2.16. The van der Waals surface area contributed by atoms with Gasteiger partial charge in [-0.2, -0.15) is 0 Å². The van der Waals surface area contributed by atoms with E-state index in [0.29, 0.717) is 0 Å². The van der Waals surface area contributed by atoms with Crippen molar-refractivity contribution < 1.29 is 5.11 Å². The van der Waals surface area contributed by atoms with Crippen LogP contribution in [0.25, 0.3) is 0 Å². The Kier molecular flexibility index (Phi) is 5.45. The molecule has 1 unspecified atom stereocenters. The van der Waals surface area contributed by atoms with E-state index in [1.54, 1.807) is 11.8 Å². The van der Waals surface area contributed by atoms with Crippen LogP contribution >= 0.6 is 11.8 Å². The molecule has 0 saturated heterocycles. The van der Waals surface area contributed by atoms with Gasteiger partial charge in [0.25, 0.3) is 0 Å². The first-order chi connectivity index (χ1) is 9.33. The summed E-state index contributed by atoms with van der Waals surface area (Å²) in [6.45, 7) is 0.863. The van der Waals surface area contributed by atoms with Gasteiger partial charge in [0.2, 0.25) is 0 Å². The highest BCUT2D eigenvalue weighted by Gasteiger charge is 2.08. The molecule has 2 aromatic carbocycles. The van der Waals surface area contributed by atoms with E-state index in [0.717, 1.165) is 12.1 Å². The minimum absolute atomic E-state index is 0.0126. The van der Waals surface area contributed by atoms with Crippen molar-refractivity contribution in [1.82, 2.24) is 5.32 Å². The van der Waals surface area contributed by atoms with Crippen LogP contribution in [0.4, 0.5) is 0 Å². The lowest BCUT2D eigenvalue weighted by atomic mass is 10.1. The summed E-state index contributed by atoms with van der Waals surface area (Å²) in [4.78, 5) is 1.27. The Labute approximate surface area is 118 Å². The average molecular weight is 273 g/mol. The fourth-order valence-corrected chi connectivity index (χ4v) is 2.37. The predicted molar refractivity (Wildman–Crippen MR) is 81.3 cm³/mol. The SMILES string of the molecule is CSc1ccc(CNC(CO)c2ccccc2)cc1. The van der Waals surface area contributed by atoms with E-state index in [4.69, 9.17) is 0 Å². The minimum Gasteiger partial charge on any atom is -0.394 e. The van der Waals surface area contributed by atoms with Crippen molar-refractivity contribution in [2.45, 2.75) is 17.5 Å². The Morgan fingerprint density at radius 3 is 2.32 bits per heavy atom. The molecular formula is C16H19NOS. The third-order valence-corrected chi connectivity index (χ3v) is 3.84. The fraction of sp³-hybridized carbons (Fsp3) is 0.250. The molecule has 2 rings (SSSR count). The summed E-state index contributed by atoms with van der Waals surface area (Å²) in [5.74, 6) is 0. The minimum atomic E-state index is -0.0126. The summed E-state index contributed by atoms with van der Waals surface area (Å²) in [6, 6.07) is 18.5. The van der Waals surface area contributed by atoms with E-state index in [1.807, 2.05) is 30.3 Å². The van der Waals surface area contributed by atoms with Gasteiger partial charge in [0.15, 0.2) is 0 Å². The molecule has 2 N–H and O–H groups in total. The summed E-state index contributed by atoms with van der Waals surface area (Å²) < 4.78 is 0. The zero-order valence-corrected chi connectivity index (χ0v) is 11.9. The largest absolute Gasteiger partial charge is 0.394 e. The molecule has 2 aromatic rings. The van der Waals surface area contributed by atoms with Gasteiger partial charge in [0, 0.05) is 11.4 Å². The molecule has 0 aliphatic carbocycles. The smallest absolute Gasteiger partial charge is 0.0626 e. The zero-order chi connectivity index (χ0) is 13.5. The second kappa shape index (κ2) is 7.34. The summed E-state index contributed by atoms with van der Waals surface area (Å²) in [7, 11) is 0. The number of aliphatic hydroxyl groups excluding tert-OH is 1. The number of benzene rings is 2. The Morgan fingerprint density at radius 1 is 1.05 bits per heavy atom. The standard InChI is InChI=1S/C16H19NOS/c1-19-15-9-7-13(8-10-15)11-17-16(12-18)14-5-3-2-4-6-14/h2-10,16-18H,11-12H2,1H3. The van der Waals surface area contributed by atoms with Crippen molar-refractivity contribution in [1.29, 1.82) is 0 Å². The molecule has 0 radical (unpaired) electrons. The highest BCUT2D eigenvalue weighted by atomic mass is 32.2. The van der Waals surface area contributed by atoms with Crippen LogP contribution in [-0.4, -0.2) is 18.0 Å². The van der Waals surface area contributed by atoms with E-state index in [2.05, 4.69) is 35.8 Å². The Balaban J connectivity index is 1.96. The first-order valence-corrected chi connectivity index (χ1v) is 7.58. The maximum atomic E-state index is 9.47. The van der Waals surface area contributed by atoms with Crippen molar-refractivity contribution in [2.75, 3.05) is 12.9 Å². The third-order valence-electron chi connectivity index (χ3n) is 3.10. The van der Waals surface area contributed by atoms with Gasteiger partial charge in [-0.15, -0.1) is 11.8 Å². The monoisotopic (exact) mass is 273 g/mol. The van der Waals surface area contributed by atoms with Crippen molar-refractivity contribution >= 4 is 11.8 Å². The number of aliphatic hydroxyl groups is 1. The summed E-state index contributed by atoms with van der Waals surface area (Å²) >= 11 is 1.74. The van der Waals surface area contributed by atoms with Crippen LogP contribution < -0.4 is 5.32 Å². The number of hydrogen-bond donors (Lipinski definition) is 2. The zero-order valence-electron chi connectivity index (χ0n) is 11.0. The Bertz CT molecular complexity index is 484. The summed E-state index contributed by atoms with van der Waals surface area (Å²) in [5, 5.41) is 12.9. The molecule has 100 valence electrons. The van der Waals surface area contributed by atoms with E-state index < -0.39 is 0 Å². The highest BCUT2D eigenvalue weighted by molar-refractivity contribution is 7.98. The summed E-state index contributed by atoms with van der Waals surface area (Å²) in [6.07, 6.45) is 2.07. The molecule has 1 atom stereocenters. The van der Waals surface area contributed by atoms with Crippen LogP contribution in [0.5, 0.6) is 0 Å². The van der Waals surface area contributed by atoms with Crippen LogP contribution in [0.15, 0.2) is 59.5 Å². The number of nitrogens with one attached hydrogen (secondary N) is 1. The lowest BCUT2D eigenvalue weighted by molar-refractivity contribution is 0.243. The predicted octanol–water partition coefficient (Wildman–Crippen LogP) is 3.23. The maximum absolute atomic E-state index is 9.47. The van der Waals surface area contributed by atoms with Crippen molar-refractivity contribution in [3.8, 4) is 0 Å². The fourth-order valence-electron chi connectivity index (χ4n) is 1.96. The lowest BCUT2D eigenvalue weighted by Crippen LogP contribution is -2.23.